The van der Waals surface area contributed by atoms with Crippen LogP contribution in [0.3, 0.4) is 0 Å². The van der Waals surface area contributed by atoms with Crippen LogP contribution in [0.4, 0.5) is 0 Å². The molecule has 0 aliphatic carbocycles. The molecule has 2 nitrogen and oxygen atoms in total. The Labute approximate surface area is 141 Å². The summed E-state index contributed by atoms with van der Waals surface area (Å²) in [5, 5.41) is 10.8. The minimum Gasteiger partial charge on any atom is -0.496 e. The largest absolute Gasteiger partial charge is 0.496 e. The predicted octanol–water partition coefficient (Wildman–Crippen LogP) is 4.51. The number of rotatable bonds is 4. The quantitative estimate of drug-likeness (QED) is 0.700. The summed E-state index contributed by atoms with van der Waals surface area (Å²) in [6, 6.07) is 13.8. The summed E-state index contributed by atoms with van der Waals surface area (Å²) in [5.41, 5.74) is 0.948. The summed E-state index contributed by atoms with van der Waals surface area (Å²) in [6.45, 7) is 1.83. The van der Waals surface area contributed by atoms with Gasteiger partial charge in [-0.2, -0.15) is 0 Å². The van der Waals surface area contributed by atoms with Crippen LogP contribution in [0, 0.1) is 3.57 Å². The highest BCUT2D eigenvalue weighted by Gasteiger charge is 2.25. The summed E-state index contributed by atoms with van der Waals surface area (Å²) in [4.78, 5) is 0. The van der Waals surface area contributed by atoms with Crippen LogP contribution < -0.4 is 4.74 Å². The zero-order valence-corrected chi connectivity index (χ0v) is 15.1. The maximum atomic E-state index is 10.8. The Bertz CT molecular complexity index is 594. The Kier molecular flexibility index (Phi) is 5.09. The number of benzene rings is 2. The fraction of sp³-hybridized carbons (Fsp3) is 0.250. The topological polar surface area (TPSA) is 29.5 Å². The fourth-order valence-corrected chi connectivity index (χ4v) is 2.94. The van der Waals surface area contributed by atoms with Gasteiger partial charge in [-0.05, 0) is 71.0 Å². The van der Waals surface area contributed by atoms with E-state index in [0.717, 1.165) is 24.9 Å². The molecule has 0 amide bonds. The highest BCUT2D eigenvalue weighted by molar-refractivity contribution is 14.1. The van der Waals surface area contributed by atoms with Gasteiger partial charge in [0.25, 0.3) is 0 Å². The average molecular weight is 447 g/mol. The third-order valence-corrected chi connectivity index (χ3v) is 4.46. The van der Waals surface area contributed by atoms with Crippen molar-refractivity contribution >= 4 is 38.5 Å². The second-order valence-corrected chi connectivity index (χ2v) is 7.08. The van der Waals surface area contributed by atoms with Gasteiger partial charge in [-0.1, -0.05) is 28.1 Å². The van der Waals surface area contributed by atoms with Gasteiger partial charge < -0.3 is 9.84 Å². The molecular weight excluding hydrogens is 431 g/mol. The molecule has 4 heteroatoms. The first kappa shape index (κ1) is 15.8. The van der Waals surface area contributed by atoms with Gasteiger partial charge in [0.2, 0.25) is 0 Å². The lowest BCUT2D eigenvalue weighted by molar-refractivity contribution is 0.0569. The Morgan fingerprint density at radius 2 is 1.85 bits per heavy atom. The molecule has 0 saturated heterocycles. The van der Waals surface area contributed by atoms with Crippen LogP contribution in [0.1, 0.15) is 18.1 Å². The minimum absolute atomic E-state index is 0.496. The van der Waals surface area contributed by atoms with Gasteiger partial charge in [-0.25, -0.2) is 0 Å². The molecule has 0 saturated carbocycles. The second kappa shape index (κ2) is 6.45. The molecule has 106 valence electrons. The van der Waals surface area contributed by atoms with E-state index in [2.05, 4.69) is 38.5 Å². The van der Waals surface area contributed by atoms with E-state index in [1.165, 1.54) is 0 Å². The summed E-state index contributed by atoms with van der Waals surface area (Å²) in [7, 11) is 1.65. The SMILES string of the molecule is COc1ccc(Br)cc1CC(C)(O)c1ccc(I)cc1. The number of methoxy groups -OCH3 is 1. The van der Waals surface area contributed by atoms with E-state index in [1.54, 1.807) is 7.11 Å². The maximum absolute atomic E-state index is 10.8. The molecule has 0 radical (unpaired) electrons. The highest BCUT2D eigenvalue weighted by Crippen LogP contribution is 2.31. The van der Waals surface area contributed by atoms with Gasteiger partial charge in [0, 0.05) is 14.5 Å². The first-order valence-corrected chi connectivity index (χ1v) is 8.10. The summed E-state index contributed by atoms with van der Waals surface area (Å²) >= 11 is 5.72. The summed E-state index contributed by atoms with van der Waals surface area (Å²) in [6.07, 6.45) is 0.496. The predicted molar refractivity (Wildman–Crippen MR) is 93.1 cm³/mol. The van der Waals surface area contributed by atoms with Crippen LogP contribution in [0.25, 0.3) is 0 Å². The van der Waals surface area contributed by atoms with E-state index >= 15 is 0 Å². The molecular formula is C16H16BrIO2. The van der Waals surface area contributed by atoms with Gasteiger partial charge in [0.1, 0.15) is 5.75 Å². The van der Waals surface area contributed by atoms with E-state index in [-0.39, 0.29) is 0 Å². The van der Waals surface area contributed by atoms with Crippen molar-refractivity contribution in [2.45, 2.75) is 18.9 Å². The number of aliphatic hydroxyl groups is 1. The molecule has 0 aliphatic heterocycles. The molecule has 2 rings (SSSR count). The highest BCUT2D eigenvalue weighted by atomic mass is 127. The van der Waals surface area contributed by atoms with Crippen molar-refractivity contribution in [1.82, 2.24) is 0 Å². The molecule has 1 atom stereocenters. The smallest absolute Gasteiger partial charge is 0.122 e. The Morgan fingerprint density at radius 3 is 2.45 bits per heavy atom. The molecule has 0 heterocycles. The van der Waals surface area contributed by atoms with Crippen LogP contribution in [0.15, 0.2) is 46.9 Å². The van der Waals surface area contributed by atoms with E-state index < -0.39 is 5.60 Å². The molecule has 0 spiro atoms. The normalized spacial score (nSPS) is 13.8. The van der Waals surface area contributed by atoms with E-state index in [9.17, 15) is 5.11 Å². The molecule has 0 bridgehead atoms. The summed E-state index contributed by atoms with van der Waals surface area (Å²) < 4.78 is 7.50. The summed E-state index contributed by atoms with van der Waals surface area (Å²) in [5.74, 6) is 0.791. The average Bonchev–Trinajstić information content (AvgIpc) is 2.39. The van der Waals surface area contributed by atoms with Crippen molar-refractivity contribution < 1.29 is 9.84 Å². The van der Waals surface area contributed by atoms with Gasteiger partial charge in [-0.15, -0.1) is 0 Å². The zero-order chi connectivity index (χ0) is 14.8. The maximum Gasteiger partial charge on any atom is 0.122 e. The van der Waals surface area contributed by atoms with Crippen LogP contribution >= 0.6 is 38.5 Å². The van der Waals surface area contributed by atoms with Crippen molar-refractivity contribution in [1.29, 1.82) is 0 Å². The molecule has 1 unspecified atom stereocenters. The van der Waals surface area contributed by atoms with Crippen molar-refractivity contribution in [2.24, 2.45) is 0 Å². The molecule has 20 heavy (non-hydrogen) atoms. The Balaban J connectivity index is 2.32. The minimum atomic E-state index is -0.932. The first-order chi connectivity index (χ1) is 9.42. The zero-order valence-electron chi connectivity index (χ0n) is 11.4. The van der Waals surface area contributed by atoms with Crippen molar-refractivity contribution in [3.63, 3.8) is 0 Å². The molecule has 0 aromatic heterocycles. The van der Waals surface area contributed by atoms with Crippen LogP contribution in [-0.4, -0.2) is 12.2 Å². The Hall–Kier alpha value is -0.590. The standard InChI is InChI=1S/C16H16BrIO2/c1-16(19,12-3-6-14(18)7-4-12)10-11-9-13(17)5-8-15(11)20-2/h3-9,19H,10H2,1-2H3. The lowest BCUT2D eigenvalue weighted by Crippen LogP contribution is -2.24. The van der Waals surface area contributed by atoms with Crippen molar-refractivity contribution in [3.8, 4) is 5.75 Å². The lowest BCUT2D eigenvalue weighted by Gasteiger charge is -2.25. The lowest BCUT2D eigenvalue weighted by atomic mass is 9.89. The van der Waals surface area contributed by atoms with Gasteiger partial charge in [0.15, 0.2) is 0 Å². The van der Waals surface area contributed by atoms with Gasteiger partial charge >= 0.3 is 0 Å². The second-order valence-electron chi connectivity index (χ2n) is 4.91. The van der Waals surface area contributed by atoms with Gasteiger partial charge in [-0.3, -0.25) is 0 Å². The molecule has 0 aliphatic rings. The third-order valence-electron chi connectivity index (χ3n) is 3.24. The molecule has 1 N–H and O–H groups in total. The first-order valence-electron chi connectivity index (χ1n) is 6.23. The molecule has 2 aromatic carbocycles. The van der Waals surface area contributed by atoms with E-state index in [4.69, 9.17) is 4.74 Å². The molecule has 2 aromatic rings. The van der Waals surface area contributed by atoms with Crippen LogP contribution in [-0.2, 0) is 12.0 Å². The van der Waals surface area contributed by atoms with Crippen LogP contribution in [0.2, 0.25) is 0 Å². The molecule has 0 fully saturated rings. The Morgan fingerprint density at radius 1 is 1.20 bits per heavy atom. The number of halogens is 2. The fourth-order valence-electron chi connectivity index (χ4n) is 2.17. The monoisotopic (exact) mass is 446 g/mol. The number of ether oxygens (including phenoxy) is 1. The number of hydrogen-bond acceptors (Lipinski definition) is 2. The van der Waals surface area contributed by atoms with E-state index in [1.807, 2.05) is 49.4 Å². The van der Waals surface area contributed by atoms with Gasteiger partial charge in [0.05, 0.1) is 12.7 Å². The van der Waals surface area contributed by atoms with E-state index in [0.29, 0.717) is 6.42 Å². The van der Waals surface area contributed by atoms with Crippen molar-refractivity contribution in [2.75, 3.05) is 7.11 Å². The number of hydrogen-bond donors (Lipinski definition) is 1. The van der Waals surface area contributed by atoms with Crippen LogP contribution in [0.5, 0.6) is 5.75 Å². The van der Waals surface area contributed by atoms with Crippen molar-refractivity contribution in [3.05, 3.63) is 61.6 Å². The third kappa shape index (κ3) is 3.74.